The molecule has 0 radical (unpaired) electrons. The second-order valence-electron chi connectivity index (χ2n) is 6.00. The zero-order chi connectivity index (χ0) is 12.3. The summed E-state index contributed by atoms with van der Waals surface area (Å²) in [7, 11) is 0. The van der Waals surface area contributed by atoms with Gasteiger partial charge < -0.3 is 0 Å². The molecule has 96 valence electrons. The van der Waals surface area contributed by atoms with Crippen LogP contribution in [0.25, 0.3) is 0 Å². The molecule has 4 aliphatic rings. The zero-order valence-electron chi connectivity index (χ0n) is 10.4. The first-order valence-electron chi connectivity index (χ1n) is 7.08. The van der Waals surface area contributed by atoms with Gasteiger partial charge in [0.2, 0.25) is 11.8 Å². The fourth-order valence-electron chi connectivity index (χ4n) is 4.24. The Hall–Kier alpha value is -1.16. The highest BCUT2D eigenvalue weighted by Crippen LogP contribution is 2.52. The third kappa shape index (κ3) is 1.24. The maximum absolute atomic E-state index is 12.5. The van der Waals surface area contributed by atoms with E-state index < -0.39 is 0 Å². The Morgan fingerprint density at radius 3 is 2.00 bits per heavy atom. The zero-order valence-corrected chi connectivity index (χ0v) is 10.4. The van der Waals surface area contributed by atoms with E-state index in [0.717, 1.165) is 32.4 Å². The Balaban J connectivity index is 1.63. The third-order valence-corrected chi connectivity index (χ3v) is 5.06. The van der Waals surface area contributed by atoms with Crippen molar-refractivity contribution in [3.05, 3.63) is 12.2 Å². The molecule has 0 N–H and O–H groups in total. The second-order valence-corrected chi connectivity index (χ2v) is 6.00. The Morgan fingerprint density at radius 1 is 0.889 bits per heavy atom. The van der Waals surface area contributed by atoms with Crippen LogP contribution < -0.4 is 0 Å². The first-order valence-corrected chi connectivity index (χ1v) is 7.08. The molecule has 2 saturated heterocycles. The summed E-state index contributed by atoms with van der Waals surface area (Å²) in [6, 6.07) is 0. The van der Waals surface area contributed by atoms with Gasteiger partial charge in [-0.2, -0.15) is 0 Å². The standard InChI is InChI=1S/C14H18N2O2/c17-13-11-9-4-5-10(8-9)12(11)14(18)16(13)15-6-2-1-3-7-15/h4-5,9-12H,1-3,6-8H2/t9-,10+,11-,12-/m0/s1. The second kappa shape index (κ2) is 3.67. The Kier molecular flexibility index (Phi) is 2.19. The number of hydrogen-bond donors (Lipinski definition) is 0. The highest BCUT2D eigenvalue weighted by Gasteiger charge is 2.60. The number of hydrazine groups is 1. The smallest absolute Gasteiger partial charge is 0.248 e. The van der Waals surface area contributed by atoms with Gasteiger partial charge in [0.1, 0.15) is 0 Å². The van der Waals surface area contributed by atoms with Gasteiger partial charge in [-0.3, -0.25) is 9.59 Å². The topological polar surface area (TPSA) is 40.6 Å². The van der Waals surface area contributed by atoms with Crippen molar-refractivity contribution in [2.24, 2.45) is 23.7 Å². The molecule has 0 aromatic carbocycles. The molecule has 2 heterocycles. The number of allylic oxidation sites excluding steroid dienone is 2. The summed E-state index contributed by atoms with van der Waals surface area (Å²) in [5.41, 5.74) is 0. The number of hydrogen-bond acceptors (Lipinski definition) is 3. The maximum Gasteiger partial charge on any atom is 0.248 e. The van der Waals surface area contributed by atoms with Crippen LogP contribution in [0.4, 0.5) is 0 Å². The summed E-state index contributed by atoms with van der Waals surface area (Å²) in [4.78, 5) is 25.0. The number of rotatable bonds is 1. The summed E-state index contributed by atoms with van der Waals surface area (Å²) in [6.45, 7) is 1.72. The van der Waals surface area contributed by atoms with E-state index in [1.54, 1.807) is 0 Å². The summed E-state index contributed by atoms with van der Waals surface area (Å²) in [5, 5.41) is 3.49. The van der Waals surface area contributed by atoms with Crippen molar-refractivity contribution in [2.75, 3.05) is 13.1 Å². The van der Waals surface area contributed by atoms with Gasteiger partial charge in [0, 0.05) is 13.1 Å². The van der Waals surface area contributed by atoms with Crippen LogP contribution in [0.1, 0.15) is 25.7 Å². The van der Waals surface area contributed by atoms with E-state index in [9.17, 15) is 9.59 Å². The first kappa shape index (κ1) is 10.7. The van der Waals surface area contributed by atoms with Gasteiger partial charge in [-0.25, -0.2) is 10.0 Å². The van der Waals surface area contributed by atoms with Crippen molar-refractivity contribution in [3.63, 3.8) is 0 Å². The molecule has 0 aromatic rings. The van der Waals surface area contributed by atoms with Gasteiger partial charge in [-0.05, 0) is 31.1 Å². The minimum Gasteiger partial charge on any atom is -0.273 e. The molecule has 3 fully saturated rings. The number of carbonyl (C=O) groups is 2. The normalized spacial score (nSPS) is 43.0. The average Bonchev–Trinajstić information content (AvgIpc) is 3.05. The first-order chi connectivity index (χ1) is 8.77. The summed E-state index contributed by atoms with van der Waals surface area (Å²) >= 11 is 0. The predicted octanol–water partition coefficient (Wildman–Crippen LogP) is 1.19. The van der Waals surface area contributed by atoms with Gasteiger partial charge in [-0.15, -0.1) is 0 Å². The molecular weight excluding hydrogens is 228 g/mol. The Labute approximate surface area is 107 Å². The SMILES string of the molecule is O=C1[C@@H]2[C@@H](C(=O)N1N1CCCCC1)[C@H]1C=C[C@@H]2C1. The third-order valence-electron chi connectivity index (χ3n) is 5.06. The van der Waals surface area contributed by atoms with Crippen molar-refractivity contribution in [1.82, 2.24) is 10.0 Å². The lowest BCUT2D eigenvalue weighted by Crippen LogP contribution is -2.49. The molecule has 1 saturated carbocycles. The number of imide groups is 1. The molecule has 0 unspecified atom stereocenters. The van der Waals surface area contributed by atoms with Crippen LogP contribution in [0.2, 0.25) is 0 Å². The molecule has 4 rings (SSSR count). The van der Waals surface area contributed by atoms with E-state index in [1.165, 1.54) is 11.4 Å². The number of nitrogens with zero attached hydrogens (tertiary/aromatic N) is 2. The fourth-order valence-corrected chi connectivity index (χ4v) is 4.24. The molecule has 0 aromatic heterocycles. The number of piperidine rings is 1. The molecule has 2 aliphatic heterocycles. The largest absolute Gasteiger partial charge is 0.273 e. The van der Waals surface area contributed by atoms with Gasteiger partial charge in [0.05, 0.1) is 11.8 Å². The van der Waals surface area contributed by atoms with Gasteiger partial charge >= 0.3 is 0 Å². The highest BCUT2D eigenvalue weighted by atomic mass is 16.2. The average molecular weight is 246 g/mol. The van der Waals surface area contributed by atoms with Crippen molar-refractivity contribution in [1.29, 1.82) is 0 Å². The molecule has 4 heteroatoms. The fraction of sp³-hybridized carbons (Fsp3) is 0.714. The van der Waals surface area contributed by atoms with E-state index in [1.807, 2.05) is 5.01 Å². The molecule has 2 aliphatic carbocycles. The number of amides is 2. The molecule has 2 amide bonds. The van der Waals surface area contributed by atoms with Crippen LogP contribution in [0.3, 0.4) is 0 Å². The minimum absolute atomic E-state index is 0.0468. The van der Waals surface area contributed by atoms with Crippen LogP contribution in [-0.4, -0.2) is 34.9 Å². The van der Waals surface area contributed by atoms with Crippen LogP contribution in [-0.2, 0) is 9.59 Å². The number of fused-ring (bicyclic) bond motifs is 5. The van der Waals surface area contributed by atoms with Crippen molar-refractivity contribution in [3.8, 4) is 0 Å². The van der Waals surface area contributed by atoms with E-state index >= 15 is 0 Å². The van der Waals surface area contributed by atoms with Gasteiger partial charge in [0.25, 0.3) is 0 Å². The maximum atomic E-state index is 12.5. The lowest BCUT2D eigenvalue weighted by molar-refractivity contribution is -0.161. The Bertz CT molecular complexity index is 409. The Morgan fingerprint density at radius 2 is 1.44 bits per heavy atom. The predicted molar refractivity (Wildman–Crippen MR) is 65.0 cm³/mol. The lowest BCUT2D eigenvalue weighted by atomic mass is 9.85. The van der Waals surface area contributed by atoms with Crippen LogP contribution >= 0.6 is 0 Å². The van der Waals surface area contributed by atoms with Crippen LogP contribution in [0, 0.1) is 23.7 Å². The van der Waals surface area contributed by atoms with Crippen LogP contribution in [0.5, 0.6) is 0 Å². The van der Waals surface area contributed by atoms with Gasteiger partial charge in [-0.1, -0.05) is 18.6 Å². The molecular formula is C14H18N2O2. The van der Waals surface area contributed by atoms with Gasteiger partial charge in [0.15, 0.2) is 0 Å². The lowest BCUT2D eigenvalue weighted by Gasteiger charge is -2.33. The van der Waals surface area contributed by atoms with Crippen molar-refractivity contribution < 1.29 is 9.59 Å². The monoisotopic (exact) mass is 246 g/mol. The summed E-state index contributed by atoms with van der Waals surface area (Å²) < 4.78 is 0. The van der Waals surface area contributed by atoms with Crippen LogP contribution in [0.15, 0.2) is 12.2 Å². The summed E-state index contributed by atoms with van der Waals surface area (Å²) in [5.74, 6) is 0.703. The quantitative estimate of drug-likeness (QED) is 0.515. The van der Waals surface area contributed by atoms with E-state index in [-0.39, 0.29) is 23.7 Å². The molecule has 2 bridgehead atoms. The summed E-state index contributed by atoms with van der Waals surface area (Å²) in [6.07, 6.45) is 8.72. The van der Waals surface area contributed by atoms with E-state index in [4.69, 9.17) is 0 Å². The highest BCUT2D eigenvalue weighted by molar-refractivity contribution is 6.05. The minimum atomic E-state index is -0.0468. The van der Waals surface area contributed by atoms with Crippen molar-refractivity contribution in [2.45, 2.75) is 25.7 Å². The molecule has 18 heavy (non-hydrogen) atoms. The molecule has 4 atom stereocenters. The number of carbonyl (C=O) groups excluding carboxylic acids is 2. The van der Waals surface area contributed by atoms with E-state index in [2.05, 4.69) is 12.2 Å². The molecule has 0 spiro atoms. The van der Waals surface area contributed by atoms with E-state index in [0.29, 0.717) is 11.8 Å². The van der Waals surface area contributed by atoms with Crippen molar-refractivity contribution >= 4 is 11.8 Å². The molecule has 4 nitrogen and oxygen atoms in total.